The highest BCUT2D eigenvalue weighted by atomic mass is 32.2. The second kappa shape index (κ2) is 7.21. The van der Waals surface area contributed by atoms with Crippen LogP contribution in [0.4, 0.5) is 5.69 Å². The minimum atomic E-state index is -3.59. The summed E-state index contributed by atoms with van der Waals surface area (Å²) in [5.41, 5.74) is 0.517. The van der Waals surface area contributed by atoms with Crippen molar-refractivity contribution < 1.29 is 13.2 Å². The first kappa shape index (κ1) is 18.3. The smallest absolute Gasteiger partial charge is 0.240 e. The molecule has 0 radical (unpaired) electrons. The number of amides is 1. The lowest BCUT2D eigenvalue weighted by molar-refractivity contribution is -0.120. The lowest BCUT2D eigenvalue weighted by Crippen LogP contribution is -2.44. The lowest BCUT2D eigenvalue weighted by Gasteiger charge is -2.25. The van der Waals surface area contributed by atoms with Crippen molar-refractivity contribution in [2.24, 2.45) is 5.92 Å². The van der Waals surface area contributed by atoms with Crippen LogP contribution in [0.25, 0.3) is 10.8 Å². The maximum Gasteiger partial charge on any atom is 0.240 e. The van der Waals surface area contributed by atoms with Crippen molar-refractivity contribution in [2.75, 3.05) is 17.1 Å². The highest BCUT2D eigenvalue weighted by Gasteiger charge is 2.23. The van der Waals surface area contributed by atoms with Crippen molar-refractivity contribution in [1.29, 1.82) is 0 Å². The van der Waals surface area contributed by atoms with Gasteiger partial charge in [0.15, 0.2) is 0 Å². The van der Waals surface area contributed by atoms with Crippen LogP contribution in [-0.4, -0.2) is 33.2 Å². The van der Waals surface area contributed by atoms with Crippen molar-refractivity contribution in [3.05, 3.63) is 42.5 Å². The van der Waals surface area contributed by atoms with Crippen LogP contribution in [0, 0.1) is 5.92 Å². The summed E-state index contributed by atoms with van der Waals surface area (Å²) in [5, 5.41) is 4.59. The maximum atomic E-state index is 12.3. The van der Waals surface area contributed by atoms with E-state index in [0.717, 1.165) is 21.3 Å². The molecule has 0 bridgehead atoms. The van der Waals surface area contributed by atoms with E-state index < -0.39 is 10.0 Å². The minimum absolute atomic E-state index is 0.0218. The second-order valence-corrected chi connectivity index (χ2v) is 8.27. The van der Waals surface area contributed by atoms with Crippen LogP contribution in [0.1, 0.15) is 20.8 Å². The number of nitrogens with one attached hydrogen (secondary N) is 1. The molecular formula is C18H24N2O3S. The second-order valence-electron chi connectivity index (χ2n) is 6.37. The molecule has 0 saturated heterocycles. The molecule has 0 aromatic heterocycles. The van der Waals surface area contributed by atoms with Crippen molar-refractivity contribution in [1.82, 2.24) is 5.32 Å². The summed E-state index contributed by atoms with van der Waals surface area (Å²) >= 11 is 0. The molecule has 0 unspecified atom stereocenters. The van der Waals surface area contributed by atoms with Gasteiger partial charge in [0.25, 0.3) is 0 Å². The molecule has 0 spiro atoms. The van der Waals surface area contributed by atoms with Gasteiger partial charge in [-0.1, -0.05) is 50.2 Å². The fourth-order valence-corrected chi connectivity index (χ4v) is 3.27. The summed E-state index contributed by atoms with van der Waals surface area (Å²) in [6.45, 7) is 5.68. The average molecular weight is 348 g/mol. The molecule has 5 nitrogen and oxygen atoms in total. The largest absolute Gasteiger partial charge is 0.352 e. The molecule has 0 aliphatic rings. The Morgan fingerprint density at radius 1 is 1.08 bits per heavy atom. The van der Waals surface area contributed by atoms with Gasteiger partial charge < -0.3 is 5.32 Å². The van der Waals surface area contributed by atoms with Crippen LogP contribution in [0.2, 0.25) is 0 Å². The topological polar surface area (TPSA) is 66.5 Å². The molecule has 1 N–H and O–H groups in total. The van der Waals surface area contributed by atoms with E-state index in [4.69, 9.17) is 0 Å². The third kappa shape index (κ3) is 4.26. The van der Waals surface area contributed by atoms with Crippen molar-refractivity contribution in [3.8, 4) is 0 Å². The van der Waals surface area contributed by atoms with Gasteiger partial charge in [-0.15, -0.1) is 0 Å². The van der Waals surface area contributed by atoms with Gasteiger partial charge in [-0.3, -0.25) is 9.10 Å². The summed E-state index contributed by atoms with van der Waals surface area (Å²) in [4.78, 5) is 12.3. The fourth-order valence-electron chi connectivity index (χ4n) is 2.40. The van der Waals surface area contributed by atoms with Gasteiger partial charge >= 0.3 is 0 Å². The number of fused-ring (bicyclic) bond motifs is 1. The van der Waals surface area contributed by atoms with Gasteiger partial charge in [0, 0.05) is 11.4 Å². The van der Waals surface area contributed by atoms with E-state index in [0.29, 0.717) is 5.69 Å². The zero-order valence-electron chi connectivity index (χ0n) is 14.5. The summed E-state index contributed by atoms with van der Waals surface area (Å²) in [6.07, 6.45) is 1.12. The summed E-state index contributed by atoms with van der Waals surface area (Å²) < 4.78 is 25.7. The summed E-state index contributed by atoms with van der Waals surface area (Å²) in [7, 11) is -3.59. The number of rotatable bonds is 6. The molecule has 0 aliphatic carbocycles. The maximum absolute atomic E-state index is 12.3. The van der Waals surface area contributed by atoms with Crippen LogP contribution in [0.3, 0.4) is 0 Å². The Morgan fingerprint density at radius 3 is 2.33 bits per heavy atom. The Bertz CT molecular complexity index is 826. The SMILES string of the molecule is CC(C)[C@H](C)NC(=O)CN(c1cccc2ccccc12)S(C)(=O)=O. The van der Waals surface area contributed by atoms with E-state index in [1.807, 2.05) is 51.1 Å². The summed E-state index contributed by atoms with van der Waals surface area (Å²) in [5.74, 6) is -0.0345. The van der Waals surface area contributed by atoms with Gasteiger partial charge in [0.05, 0.1) is 11.9 Å². The van der Waals surface area contributed by atoms with Crippen molar-refractivity contribution in [2.45, 2.75) is 26.8 Å². The zero-order valence-corrected chi connectivity index (χ0v) is 15.3. The molecule has 1 atom stereocenters. The number of hydrogen-bond acceptors (Lipinski definition) is 3. The van der Waals surface area contributed by atoms with Gasteiger partial charge in [-0.05, 0) is 24.3 Å². The van der Waals surface area contributed by atoms with Gasteiger partial charge in [0.2, 0.25) is 15.9 Å². The predicted octanol–water partition coefficient (Wildman–Crippen LogP) is 2.77. The Hall–Kier alpha value is -2.08. The number of nitrogens with zero attached hydrogens (tertiary/aromatic N) is 1. The fraction of sp³-hybridized carbons (Fsp3) is 0.389. The van der Waals surface area contributed by atoms with E-state index in [2.05, 4.69) is 5.32 Å². The Balaban J connectivity index is 2.38. The standard InChI is InChI=1S/C18H24N2O3S/c1-13(2)14(3)19-18(21)12-20(24(4,22)23)17-11-7-9-15-8-5-6-10-16(15)17/h5-11,13-14H,12H2,1-4H3,(H,19,21)/t14-/m0/s1. The molecule has 0 heterocycles. The van der Waals surface area contributed by atoms with Crippen LogP contribution in [-0.2, 0) is 14.8 Å². The Labute approximate surface area is 143 Å². The molecule has 24 heavy (non-hydrogen) atoms. The molecule has 2 aromatic carbocycles. The highest BCUT2D eigenvalue weighted by Crippen LogP contribution is 2.28. The molecule has 0 saturated carbocycles. The Kier molecular flexibility index (Phi) is 5.49. The van der Waals surface area contributed by atoms with E-state index in [1.165, 1.54) is 0 Å². The molecule has 0 fully saturated rings. The van der Waals surface area contributed by atoms with E-state index in [9.17, 15) is 13.2 Å². The normalized spacial score (nSPS) is 13.0. The van der Waals surface area contributed by atoms with Crippen molar-refractivity contribution >= 4 is 32.4 Å². The molecule has 2 aromatic rings. The van der Waals surface area contributed by atoms with Crippen LogP contribution in [0.15, 0.2) is 42.5 Å². The molecule has 2 rings (SSSR count). The van der Waals surface area contributed by atoms with Crippen LogP contribution >= 0.6 is 0 Å². The Morgan fingerprint density at radius 2 is 1.71 bits per heavy atom. The minimum Gasteiger partial charge on any atom is -0.352 e. The first-order valence-electron chi connectivity index (χ1n) is 7.95. The first-order valence-corrected chi connectivity index (χ1v) is 9.80. The van der Waals surface area contributed by atoms with Crippen molar-refractivity contribution in [3.63, 3.8) is 0 Å². The highest BCUT2D eigenvalue weighted by molar-refractivity contribution is 7.92. The zero-order chi connectivity index (χ0) is 17.9. The number of sulfonamides is 1. The van der Waals surface area contributed by atoms with Crippen LogP contribution in [0.5, 0.6) is 0 Å². The van der Waals surface area contributed by atoms with Gasteiger partial charge in [-0.2, -0.15) is 0 Å². The van der Waals surface area contributed by atoms with Gasteiger partial charge in [-0.25, -0.2) is 8.42 Å². The third-order valence-electron chi connectivity index (χ3n) is 4.11. The van der Waals surface area contributed by atoms with E-state index in [-0.39, 0.29) is 24.4 Å². The average Bonchev–Trinajstić information content (AvgIpc) is 2.51. The molecule has 0 aliphatic heterocycles. The summed E-state index contributed by atoms with van der Waals surface area (Å²) in [6, 6.07) is 12.9. The number of benzene rings is 2. The molecular weight excluding hydrogens is 324 g/mol. The quantitative estimate of drug-likeness (QED) is 0.873. The van der Waals surface area contributed by atoms with E-state index in [1.54, 1.807) is 12.1 Å². The van der Waals surface area contributed by atoms with E-state index >= 15 is 0 Å². The number of carbonyl (C=O) groups excluding carboxylic acids is 1. The predicted molar refractivity (Wildman–Crippen MR) is 98.6 cm³/mol. The molecule has 1 amide bonds. The molecule has 130 valence electrons. The number of carbonyl (C=O) groups is 1. The lowest BCUT2D eigenvalue weighted by atomic mass is 10.1. The molecule has 6 heteroatoms. The monoisotopic (exact) mass is 348 g/mol. The number of anilines is 1. The van der Waals surface area contributed by atoms with Crippen LogP contribution < -0.4 is 9.62 Å². The first-order chi connectivity index (χ1) is 11.2. The number of hydrogen-bond donors (Lipinski definition) is 1. The third-order valence-corrected chi connectivity index (χ3v) is 5.24. The van der Waals surface area contributed by atoms with Gasteiger partial charge in [0.1, 0.15) is 6.54 Å².